The number of nitrogens with zero attached hydrogens (tertiary/aromatic N) is 2. The highest BCUT2D eigenvalue weighted by Gasteiger charge is 2.18. The monoisotopic (exact) mass is 253 g/mol. The molecular weight excluding hydrogens is 238 g/mol. The Morgan fingerprint density at radius 2 is 2.00 bits per heavy atom. The van der Waals surface area contributed by atoms with Crippen LogP contribution < -0.4 is 0 Å². The van der Waals surface area contributed by atoms with Gasteiger partial charge in [-0.25, -0.2) is 9.97 Å². The van der Waals surface area contributed by atoms with Crippen LogP contribution in [0, 0.1) is 0 Å². The van der Waals surface area contributed by atoms with E-state index in [4.69, 9.17) is 0 Å². The van der Waals surface area contributed by atoms with E-state index < -0.39 is 5.60 Å². The van der Waals surface area contributed by atoms with Gasteiger partial charge in [0, 0.05) is 23.3 Å². The summed E-state index contributed by atoms with van der Waals surface area (Å²) in [6.07, 6.45) is 3.62. The van der Waals surface area contributed by atoms with Gasteiger partial charge >= 0.3 is 0 Å². The molecule has 0 fully saturated rings. The van der Waals surface area contributed by atoms with E-state index in [1.54, 1.807) is 20.0 Å². The molecule has 0 aliphatic carbocycles. The van der Waals surface area contributed by atoms with E-state index in [1.807, 2.05) is 36.5 Å². The summed E-state index contributed by atoms with van der Waals surface area (Å²) in [6, 6.07) is 9.60. The molecule has 0 spiro atoms. The summed E-state index contributed by atoms with van der Waals surface area (Å²) in [6.45, 7) is 3.47. The Balaban J connectivity index is 2.19. The molecule has 3 rings (SSSR count). The van der Waals surface area contributed by atoms with Crippen LogP contribution in [0.15, 0.2) is 42.7 Å². The molecule has 19 heavy (non-hydrogen) atoms. The Morgan fingerprint density at radius 1 is 1.16 bits per heavy atom. The second-order valence-corrected chi connectivity index (χ2v) is 5.07. The van der Waals surface area contributed by atoms with E-state index in [1.165, 1.54) is 0 Å². The van der Waals surface area contributed by atoms with Crippen LogP contribution in [0.2, 0.25) is 0 Å². The molecule has 0 amide bonds. The first-order valence-corrected chi connectivity index (χ1v) is 6.18. The van der Waals surface area contributed by atoms with Crippen LogP contribution >= 0.6 is 0 Å². The molecule has 4 nitrogen and oxygen atoms in total. The molecule has 3 heterocycles. The summed E-state index contributed by atoms with van der Waals surface area (Å²) in [5.74, 6) is 0. The third kappa shape index (κ3) is 2.11. The largest absolute Gasteiger partial charge is 0.384 e. The standard InChI is InChI=1S/C15H15N3O/c1-15(2,19)13-5-3-4-12(18-13)10-6-8-16-14-11(10)7-9-17-14/h3-9,19H,1-2H3,(H,16,17). The fourth-order valence-electron chi connectivity index (χ4n) is 2.11. The first-order chi connectivity index (χ1) is 9.05. The number of pyridine rings is 2. The first kappa shape index (κ1) is 11.9. The maximum absolute atomic E-state index is 10.1. The van der Waals surface area contributed by atoms with Crippen LogP contribution in [0.5, 0.6) is 0 Å². The van der Waals surface area contributed by atoms with Crippen molar-refractivity contribution in [2.24, 2.45) is 0 Å². The lowest BCUT2D eigenvalue weighted by Crippen LogP contribution is -2.17. The average Bonchev–Trinajstić information content (AvgIpc) is 2.86. The fraction of sp³-hybridized carbons (Fsp3) is 0.200. The van der Waals surface area contributed by atoms with E-state index in [9.17, 15) is 5.11 Å². The molecule has 3 aromatic rings. The second kappa shape index (κ2) is 4.17. The van der Waals surface area contributed by atoms with Gasteiger partial charge in [-0.2, -0.15) is 0 Å². The molecule has 4 heteroatoms. The van der Waals surface area contributed by atoms with Crippen LogP contribution in [0.1, 0.15) is 19.5 Å². The molecule has 2 N–H and O–H groups in total. The Kier molecular flexibility index (Phi) is 2.61. The number of aliphatic hydroxyl groups is 1. The normalized spacial score (nSPS) is 11.9. The van der Waals surface area contributed by atoms with Crippen molar-refractivity contribution < 1.29 is 5.11 Å². The summed E-state index contributed by atoms with van der Waals surface area (Å²) in [5, 5.41) is 11.1. The van der Waals surface area contributed by atoms with Gasteiger partial charge in [-0.3, -0.25) is 0 Å². The smallest absolute Gasteiger partial charge is 0.137 e. The van der Waals surface area contributed by atoms with Gasteiger partial charge in [-0.1, -0.05) is 6.07 Å². The lowest BCUT2D eigenvalue weighted by atomic mass is 10.0. The van der Waals surface area contributed by atoms with Crippen molar-refractivity contribution in [3.63, 3.8) is 0 Å². The average molecular weight is 253 g/mol. The van der Waals surface area contributed by atoms with Gasteiger partial charge in [0.2, 0.25) is 0 Å². The van der Waals surface area contributed by atoms with Gasteiger partial charge in [-0.15, -0.1) is 0 Å². The van der Waals surface area contributed by atoms with Crippen molar-refractivity contribution in [3.05, 3.63) is 48.4 Å². The summed E-state index contributed by atoms with van der Waals surface area (Å²) in [5.41, 5.74) is 2.41. The lowest BCUT2D eigenvalue weighted by molar-refractivity contribution is 0.0740. The van der Waals surface area contributed by atoms with Crippen molar-refractivity contribution in [2.75, 3.05) is 0 Å². The Bertz CT molecular complexity index is 725. The number of hydrogen-bond acceptors (Lipinski definition) is 3. The van der Waals surface area contributed by atoms with Crippen molar-refractivity contribution in [3.8, 4) is 11.3 Å². The highest BCUT2D eigenvalue weighted by atomic mass is 16.3. The molecule has 0 bridgehead atoms. The summed E-state index contributed by atoms with van der Waals surface area (Å²) in [7, 11) is 0. The Hall–Kier alpha value is -2.20. The highest BCUT2D eigenvalue weighted by Crippen LogP contribution is 2.27. The van der Waals surface area contributed by atoms with Gasteiger partial charge in [0.25, 0.3) is 0 Å². The van der Waals surface area contributed by atoms with Crippen LogP contribution in [-0.4, -0.2) is 20.1 Å². The summed E-state index contributed by atoms with van der Waals surface area (Å²) < 4.78 is 0. The first-order valence-electron chi connectivity index (χ1n) is 6.18. The van der Waals surface area contributed by atoms with Crippen molar-refractivity contribution in [2.45, 2.75) is 19.4 Å². The summed E-state index contributed by atoms with van der Waals surface area (Å²) in [4.78, 5) is 11.9. The number of aromatic amines is 1. The number of fused-ring (bicyclic) bond motifs is 1. The maximum atomic E-state index is 10.1. The van der Waals surface area contributed by atoms with Gasteiger partial charge in [-0.05, 0) is 38.1 Å². The van der Waals surface area contributed by atoms with Crippen molar-refractivity contribution >= 4 is 11.0 Å². The van der Waals surface area contributed by atoms with Crippen LogP contribution in [0.4, 0.5) is 0 Å². The number of rotatable bonds is 2. The molecule has 0 aliphatic heterocycles. The number of hydrogen-bond donors (Lipinski definition) is 2. The van der Waals surface area contributed by atoms with E-state index in [0.29, 0.717) is 5.69 Å². The predicted octanol–water partition coefficient (Wildman–Crippen LogP) is 2.85. The minimum atomic E-state index is -0.944. The number of nitrogens with one attached hydrogen (secondary N) is 1. The molecular formula is C15H15N3O. The third-order valence-corrected chi connectivity index (χ3v) is 3.11. The molecule has 0 atom stereocenters. The second-order valence-electron chi connectivity index (χ2n) is 5.07. The zero-order chi connectivity index (χ0) is 13.5. The van der Waals surface area contributed by atoms with Gasteiger partial charge in [0.05, 0.1) is 11.4 Å². The van der Waals surface area contributed by atoms with Crippen LogP contribution in [-0.2, 0) is 5.60 Å². The van der Waals surface area contributed by atoms with Gasteiger partial charge < -0.3 is 10.1 Å². The quantitative estimate of drug-likeness (QED) is 0.738. The minimum Gasteiger partial charge on any atom is -0.384 e. The highest BCUT2D eigenvalue weighted by molar-refractivity contribution is 5.91. The maximum Gasteiger partial charge on any atom is 0.137 e. The van der Waals surface area contributed by atoms with E-state index in [2.05, 4.69) is 15.0 Å². The molecule has 3 aromatic heterocycles. The van der Waals surface area contributed by atoms with E-state index in [-0.39, 0.29) is 0 Å². The zero-order valence-corrected chi connectivity index (χ0v) is 10.9. The molecule has 96 valence electrons. The zero-order valence-electron chi connectivity index (χ0n) is 10.9. The number of aromatic nitrogens is 3. The van der Waals surface area contributed by atoms with Crippen molar-refractivity contribution in [1.29, 1.82) is 0 Å². The van der Waals surface area contributed by atoms with Crippen LogP contribution in [0.3, 0.4) is 0 Å². The lowest BCUT2D eigenvalue weighted by Gasteiger charge is -2.17. The Labute approximate surface area is 111 Å². The summed E-state index contributed by atoms with van der Waals surface area (Å²) >= 11 is 0. The molecule has 0 saturated carbocycles. The van der Waals surface area contributed by atoms with E-state index in [0.717, 1.165) is 22.3 Å². The van der Waals surface area contributed by atoms with E-state index >= 15 is 0 Å². The molecule has 0 aliphatic rings. The topological polar surface area (TPSA) is 61.8 Å². The molecule has 0 unspecified atom stereocenters. The SMILES string of the molecule is CC(C)(O)c1cccc(-c2ccnc3[nH]ccc23)n1. The Morgan fingerprint density at radius 3 is 2.79 bits per heavy atom. The third-order valence-electron chi connectivity index (χ3n) is 3.11. The van der Waals surface area contributed by atoms with Crippen LogP contribution in [0.25, 0.3) is 22.3 Å². The van der Waals surface area contributed by atoms with Gasteiger partial charge in [0.15, 0.2) is 0 Å². The number of H-pyrrole nitrogens is 1. The molecule has 0 aromatic carbocycles. The van der Waals surface area contributed by atoms with Crippen molar-refractivity contribution in [1.82, 2.24) is 15.0 Å². The minimum absolute atomic E-state index is 0.658. The van der Waals surface area contributed by atoms with Gasteiger partial charge in [0.1, 0.15) is 11.2 Å². The predicted molar refractivity (Wildman–Crippen MR) is 74.6 cm³/mol. The fourth-order valence-corrected chi connectivity index (χ4v) is 2.11. The molecule has 0 saturated heterocycles. The molecule has 0 radical (unpaired) electrons.